The number of hydrogen-bond acceptors (Lipinski definition) is 27. The second-order valence-electron chi connectivity index (χ2n) is 26.4. The molecule has 4 aliphatic carbocycles. The van der Waals surface area contributed by atoms with Crippen LogP contribution in [0.4, 0.5) is 0 Å². The number of methoxy groups -OCH3 is 1. The van der Waals surface area contributed by atoms with Gasteiger partial charge in [-0.25, -0.2) is 12.5 Å². The lowest BCUT2D eigenvalue weighted by atomic mass is 9.41. The number of aliphatic hydroxyl groups excluding tert-OH is 7. The third-order valence-electron chi connectivity index (χ3n) is 20.8. The highest BCUT2D eigenvalue weighted by Gasteiger charge is 2.76. The number of hydrogen-bond donors (Lipinski definition) is 10. The Morgan fingerprint density at radius 1 is 0.655 bits per heavy atom. The minimum atomic E-state index is -5.24. The average molecular weight is 1310 g/mol. The van der Waals surface area contributed by atoms with E-state index in [0.29, 0.717) is 19.3 Å². The molecule has 0 radical (unpaired) electrons. The first-order chi connectivity index (χ1) is 40.3. The van der Waals surface area contributed by atoms with Gasteiger partial charge in [-0.1, -0.05) is 44.9 Å². The first kappa shape index (κ1) is 69.3. The molecule has 8 fully saturated rings. The van der Waals surface area contributed by atoms with Crippen LogP contribution in [0.25, 0.3) is 0 Å². The molecule has 0 amide bonds. The second-order valence-corrected chi connectivity index (χ2v) is 29.6. The normalized spacial score (nSPS) is 47.4. The molecule has 500 valence electrons. The number of allylic oxidation sites excluding steroid dienone is 3. The van der Waals surface area contributed by atoms with Gasteiger partial charge in [-0.15, -0.1) is 6.58 Å². The quantitative estimate of drug-likeness (QED) is 0.0315. The molecule has 87 heavy (non-hydrogen) atoms. The van der Waals surface area contributed by atoms with E-state index in [4.69, 9.17) is 56.1 Å². The number of rotatable bonds is 21. The summed E-state index contributed by atoms with van der Waals surface area (Å²) < 4.78 is 171. The Bertz CT molecular complexity index is 2880. The van der Waals surface area contributed by atoms with Gasteiger partial charge in [0.15, 0.2) is 25.2 Å². The van der Waals surface area contributed by atoms with Crippen molar-refractivity contribution in [3.63, 3.8) is 0 Å². The molecule has 3 saturated carbocycles. The standard InChI is InChI=1S/C54H86O30S3/c1-24(2)11-10-17-53(8)32-15-19-52(7)27-12-13-31-50(4,5)33(16-18-51(31,6)26(27)14-20-54(32,52)49(62)83-53)79-48-44(36(57)30(21-73-48)84-87(69,70)71)82-45-38(59)37(58)41(25(3)76-45)80-47-40(61)43(35(56)29(78-47)23-75-86(66,67)68)81-46-39(60)42(72-9)34(55)28(77-46)22-74-85(63,64)65/h14,25,27-48,55-61H,1,10-13,15-23H2,2-9H3,(H,63,64,65)(H,66,67,68)(H,69,70,71). The summed E-state index contributed by atoms with van der Waals surface area (Å²) in [6.45, 7) is 15.3. The van der Waals surface area contributed by atoms with Gasteiger partial charge in [-0.2, -0.15) is 25.3 Å². The number of ether oxygens (including phenoxy) is 10. The van der Waals surface area contributed by atoms with Crippen LogP contribution in [0.5, 0.6) is 0 Å². The highest BCUT2D eigenvalue weighted by Crippen LogP contribution is 2.76. The van der Waals surface area contributed by atoms with Crippen LogP contribution in [-0.2, 0) is 95.9 Å². The first-order valence-corrected chi connectivity index (χ1v) is 33.4. The SMILES string of the molecule is C=C(C)CCCC1(C)OC(=O)C23CC=C4C(CCC5C4(C)CCC(OC4OCC(OS(=O)(=O)O)C(O)C4OC4OC(C)C(OC6OC(COS(=O)(=O)O)C(O)C(OC7OC(COS(=O)(=O)O)C(O)C(OC)C7O)C6O)C(O)C4O)C5(C)C)C2(C)CCC13. The molecule has 0 aromatic rings. The fourth-order valence-electron chi connectivity index (χ4n) is 16.5. The lowest BCUT2D eigenvalue weighted by molar-refractivity contribution is -0.388. The van der Waals surface area contributed by atoms with E-state index in [2.05, 4.69) is 55.6 Å². The van der Waals surface area contributed by atoms with Crippen molar-refractivity contribution in [3.05, 3.63) is 23.8 Å². The van der Waals surface area contributed by atoms with Gasteiger partial charge in [0.2, 0.25) is 0 Å². The van der Waals surface area contributed by atoms with E-state index in [1.165, 1.54) is 12.5 Å². The lowest BCUT2D eigenvalue weighted by Gasteiger charge is -2.63. The number of aliphatic hydroxyl groups is 7. The number of carbonyl (C=O) groups is 1. The molecule has 5 saturated heterocycles. The topological polar surface area (TPSA) is 442 Å². The van der Waals surface area contributed by atoms with E-state index in [9.17, 15) is 74.9 Å². The van der Waals surface area contributed by atoms with Gasteiger partial charge in [-0.05, 0) is 113 Å². The van der Waals surface area contributed by atoms with E-state index in [1.54, 1.807) is 0 Å². The molecule has 27 atom stereocenters. The van der Waals surface area contributed by atoms with Gasteiger partial charge in [-0.3, -0.25) is 18.5 Å². The zero-order valence-corrected chi connectivity index (χ0v) is 52.1. The van der Waals surface area contributed by atoms with Crippen molar-refractivity contribution in [3.8, 4) is 0 Å². The Balaban J connectivity index is 0.909. The smallest absolute Gasteiger partial charge is 0.397 e. The van der Waals surface area contributed by atoms with Crippen LogP contribution in [-0.4, -0.2) is 236 Å². The largest absolute Gasteiger partial charge is 0.459 e. The van der Waals surface area contributed by atoms with Crippen LogP contribution in [0.1, 0.15) is 113 Å². The van der Waals surface area contributed by atoms with Crippen LogP contribution < -0.4 is 0 Å². The Morgan fingerprint density at radius 3 is 1.82 bits per heavy atom. The van der Waals surface area contributed by atoms with Crippen molar-refractivity contribution in [1.82, 2.24) is 0 Å². The summed E-state index contributed by atoms with van der Waals surface area (Å²) in [5.74, 6) is 0.112. The van der Waals surface area contributed by atoms with Crippen LogP contribution in [0.15, 0.2) is 23.8 Å². The summed E-state index contributed by atoms with van der Waals surface area (Å²) in [6, 6.07) is 0. The molecule has 27 unspecified atom stereocenters. The summed E-state index contributed by atoms with van der Waals surface area (Å²) in [5.41, 5.74) is -0.0877. The Labute approximate surface area is 505 Å². The third-order valence-corrected chi connectivity index (χ3v) is 22.2. The average Bonchev–Trinajstić information content (AvgIpc) is 1.57. The van der Waals surface area contributed by atoms with E-state index < -0.39 is 190 Å². The molecular weight excluding hydrogens is 1220 g/mol. The fraction of sp³-hybridized carbons (Fsp3) is 0.907. The maximum absolute atomic E-state index is 14.4. The molecule has 10 N–H and O–H groups in total. The predicted octanol–water partition coefficient (Wildman–Crippen LogP) is 0.0934. The minimum Gasteiger partial charge on any atom is -0.459 e. The highest BCUT2D eigenvalue weighted by molar-refractivity contribution is 7.81. The number of fused-ring (bicyclic) bond motifs is 4. The second kappa shape index (κ2) is 25.3. The Hall–Kier alpha value is -2.08. The Kier molecular flexibility index (Phi) is 20.2. The van der Waals surface area contributed by atoms with Gasteiger partial charge < -0.3 is 83.1 Å². The van der Waals surface area contributed by atoms with Crippen molar-refractivity contribution in [2.24, 2.45) is 39.4 Å². The highest BCUT2D eigenvalue weighted by atomic mass is 32.3. The lowest BCUT2D eigenvalue weighted by Crippen LogP contribution is -2.67. The molecule has 9 aliphatic rings. The van der Waals surface area contributed by atoms with Crippen LogP contribution in [0.3, 0.4) is 0 Å². The van der Waals surface area contributed by atoms with Gasteiger partial charge in [0, 0.05) is 13.0 Å². The maximum atomic E-state index is 14.4. The Morgan fingerprint density at radius 2 is 1.23 bits per heavy atom. The molecular formula is C54H86O30S3. The molecule has 0 bridgehead atoms. The minimum absolute atomic E-state index is 0.0171. The van der Waals surface area contributed by atoms with E-state index in [1.807, 2.05) is 6.92 Å². The molecule has 5 heterocycles. The van der Waals surface area contributed by atoms with Crippen molar-refractivity contribution >= 4 is 37.2 Å². The fourth-order valence-corrected chi connectivity index (χ4v) is 17.6. The van der Waals surface area contributed by atoms with E-state index in [-0.39, 0.29) is 34.6 Å². The van der Waals surface area contributed by atoms with Crippen molar-refractivity contribution < 1.29 is 139 Å². The van der Waals surface area contributed by atoms with Crippen molar-refractivity contribution in [2.75, 3.05) is 26.9 Å². The van der Waals surface area contributed by atoms with Crippen LogP contribution in [0, 0.1) is 39.4 Å². The van der Waals surface area contributed by atoms with Gasteiger partial charge in [0.05, 0.1) is 37.4 Å². The summed E-state index contributed by atoms with van der Waals surface area (Å²) in [5, 5.41) is 80.2. The molecule has 9 rings (SSSR count). The zero-order valence-electron chi connectivity index (χ0n) is 49.6. The van der Waals surface area contributed by atoms with E-state index in [0.717, 1.165) is 57.6 Å². The molecule has 33 heteroatoms. The van der Waals surface area contributed by atoms with Crippen LogP contribution >= 0.6 is 0 Å². The molecule has 1 spiro atoms. The first-order valence-electron chi connectivity index (χ1n) is 29.3. The third kappa shape index (κ3) is 13.3. The predicted molar refractivity (Wildman–Crippen MR) is 292 cm³/mol. The van der Waals surface area contributed by atoms with E-state index >= 15 is 0 Å². The molecule has 30 nitrogen and oxygen atoms in total. The number of esters is 1. The molecule has 5 aliphatic heterocycles. The number of carbonyl (C=O) groups excluding carboxylic acids is 1. The molecule has 0 aromatic carbocycles. The summed E-state index contributed by atoms with van der Waals surface area (Å²) in [7, 11) is -14.5. The summed E-state index contributed by atoms with van der Waals surface area (Å²) >= 11 is 0. The van der Waals surface area contributed by atoms with Crippen molar-refractivity contribution in [1.29, 1.82) is 0 Å². The monoisotopic (exact) mass is 1310 g/mol. The van der Waals surface area contributed by atoms with Crippen molar-refractivity contribution in [2.45, 2.75) is 241 Å². The van der Waals surface area contributed by atoms with Gasteiger partial charge in [0.25, 0.3) is 0 Å². The zero-order chi connectivity index (χ0) is 64.1. The van der Waals surface area contributed by atoms with Gasteiger partial charge >= 0.3 is 37.2 Å². The van der Waals surface area contributed by atoms with Gasteiger partial charge in [0.1, 0.15) is 91.1 Å². The summed E-state index contributed by atoms with van der Waals surface area (Å²) in [6.07, 6.45) is -27.1. The number of cyclic esters (lactones) is 1. The van der Waals surface area contributed by atoms with Crippen LogP contribution in [0.2, 0.25) is 0 Å². The maximum Gasteiger partial charge on any atom is 0.397 e. The summed E-state index contributed by atoms with van der Waals surface area (Å²) in [4.78, 5) is 14.4. The molecule has 0 aromatic heterocycles.